The smallest absolute Gasteiger partial charge is 0.0994 e. The number of aromatic nitrogens is 2. The monoisotopic (exact) mass is 333 g/mol. The van der Waals surface area contributed by atoms with Gasteiger partial charge in [-0.2, -0.15) is 0 Å². The van der Waals surface area contributed by atoms with Crippen LogP contribution in [0.25, 0.3) is 5.69 Å². The Morgan fingerprint density at radius 1 is 1.35 bits per heavy atom. The van der Waals surface area contributed by atoms with Gasteiger partial charge in [-0.1, -0.05) is 22.0 Å². The first kappa shape index (κ1) is 13.8. The van der Waals surface area contributed by atoms with E-state index in [0.29, 0.717) is 12.1 Å². The zero-order chi connectivity index (χ0) is 14.1. The Kier molecular flexibility index (Phi) is 3.94. The Balaban J connectivity index is 1.95. The van der Waals surface area contributed by atoms with Crippen LogP contribution in [0.4, 0.5) is 0 Å². The molecule has 0 bridgehead atoms. The Morgan fingerprint density at radius 2 is 2.20 bits per heavy atom. The lowest BCUT2D eigenvalue weighted by atomic mass is 9.97. The van der Waals surface area contributed by atoms with Gasteiger partial charge in [0.2, 0.25) is 0 Å². The van der Waals surface area contributed by atoms with E-state index in [4.69, 9.17) is 0 Å². The van der Waals surface area contributed by atoms with E-state index in [1.165, 1.54) is 30.5 Å². The minimum atomic E-state index is 0.404. The number of piperidine rings is 1. The van der Waals surface area contributed by atoms with Gasteiger partial charge in [0.15, 0.2) is 0 Å². The number of benzene rings is 1. The van der Waals surface area contributed by atoms with Crippen LogP contribution in [0.15, 0.2) is 35.2 Å². The summed E-state index contributed by atoms with van der Waals surface area (Å²) < 4.78 is 3.33. The normalized spacial score (nSPS) is 22.9. The fourth-order valence-corrected chi connectivity index (χ4v) is 3.25. The molecule has 1 fully saturated rings. The van der Waals surface area contributed by atoms with Gasteiger partial charge in [-0.3, -0.25) is 0 Å². The largest absolute Gasteiger partial charge is 0.306 e. The Bertz CT molecular complexity index is 606. The molecular formula is C16H20BrN3. The fraction of sp³-hybridized carbons (Fsp3) is 0.438. The summed E-state index contributed by atoms with van der Waals surface area (Å²) in [5.74, 6) is 0. The lowest BCUT2D eigenvalue weighted by Gasteiger charge is -2.29. The molecule has 1 aromatic heterocycles. The standard InChI is InChI=1S/C16H20BrN3/c1-11-6-7-13(8-14(11)17)20-10-18-9-16(20)15-5-3-4-12(2)19-15/h6-10,12,15,19H,3-5H2,1-2H3. The molecule has 0 spiro atoms. The second-order valence-electron chi connectivity index (χ2n) is 5.67. The summed E-state index contributed by atoms with van der Waals surface area (Å²) in [7, 11) is 0. The van der Waals surface area contributed by atoms with E-state index in [0.717, 1.165) is 10.2 Å². The van der Waals surface area contributed by atoms with Crippen LogP contribution in [-0.2, 0) is 0 Å². The molecule has 2 unspecified atom stereocenters. The minimum Gasteiger partial charge on any atom is -0.306 e. The first-order chi connectivity index (χ1) is 9.65. The van der Waals surface area contributed by atoms with E-state index in [1.54, 1.807) is 0 Å². The third-order valence-electron chi connectivity index (χ3n) is 4.07. The highest BCUT2D eigenvalue weighted by molar-refractivity contribution is 9.10. The number of halogens is 1. The molecule has 1 saturated heterocycles. The zero-order valence-electron chi connectivity index (χ0n) is 11.9. The van der Waals surface area contributed by atoms with Crippen LogP contribution in [-0.4, -0.2) is 15.6 Å². The van der Waals surface area contributed by atoms with Gasteiger partial charge in [-0.25, -0.2) is 4.98 Å². The lowest BCUT2D eigenvalue weighted by Crippen LogP contribution is -2.35. The number of hydrogen-bond donors (Lipinski definition) is 1. The van der Waals surface area contributed by atoms with Crippen LogP contribution in [0, 0.1) is 6.92 Å². The molecule has 0 aliphatic carbocycles. The lowest BCUT2D eigenvalue weighted by molar-refractivity contribution is 0.334. The third kappa shape index (κ3) is 2.67. The molecule has 1 aliphatic rings. The minimum absolute atomic E-state index is 0.404. The predicted molar refractivity (Wildman–Crippen MR) is 85.2 cm³/mol. The average Bonchev–Trinajstić information content (AvgIpc) is 2.91. The van der Waals surface area contributed by atoms with Crippen LogP contribution < -0.4 is 5.32 Å². The van der Waals surface area contributed by atoms with Crippen LogP contribution in [0.1, 0.15) is 43.5 Å². The highest BCUT2D eigenvalue weighted by atomic mass is 79.9. The predicted octanol–water partition coefficient (Wildman–Crippen LogP) is 4.15. The highest BCUT2D eigenvalue weighted by Crippen LogP contribution is 2.28. The molecule has 4 heteroatoms. The van der Waals surface area contributed by atoms with Gasteiger partial charge in [-0.15, -0.1) is 0 Å². The van der Waals surface area contributed by atoms with Crippen molar-refractivity contribution in [3.8, 4) is 5.69 Å². The molecule has 2 aromatic rings. The maximum absolute atomic E-state index is 4.36. The molecule has 1 aliphatic heterocycles. The van der Waals surface area contributed by atoms with Gasteiger partial charge in [0, 0.05) is 22.2 Å². The molecule has 1 aromatic carbocycles. The van der Waals surface area contributed by atoms with E-state index in [2.05, 4.69) is 62.8 Å². The maximum atomic E-state index is 4.36. The van der Waals surface area contributed by atoms with Crippen molar-refractivity contribution in [2.45, 2.75) is 45.2 Å². The van der Waals surface area contributed by atoms with Crippen molar-refractivity contribution >= 4 is 15.9 Å². The maximum Gasteiger partial charge on any atom is 0.0994 e. The number of imidazole rings is 1. The summed E-state index contributed by atoms with van der Waals surface area (Å²) in [5, 5.41) is 3.68. The second-order valence-corrected chi connectivity index (χ2v) is 6.53. The molecule has 0 radical (unpaired) electrons. The molecule has 20 heavy (non-hydrogen) atoms. The van der Waals surface area contributed by atoms with Crippen molar-refractivity contribution in [3.63, 3.8) is 0 Å². The summed E-state index contributed by atoms with van der Waals surface area (Å²) >= 11 is 3.61. The van der Waals surface area contributed by atoms with E-state index in [-0.39, 0.29) is 0 Å². The number of aryl methyl sites for hydroxylation is 1. The van der Waals surface area contributed by atoms with Crippen LogP contribution in [0.2, 0.25) is 0 Å². The number of hydrogen-bond acceptors (Lipinski definition) is 2. The Labute approximate surface area is 128 Å². The number of nitrogens with one attached hydrogen (secondary N) is 1. The quantitative estimate of drug-likeness (QED) is 0.894. The first-order valence-corrected chi connectivity index (χ1v) is 7.99. The van der Waals surface area contributed by atoms with E-state index < -0.39 is 0 Å². The molecule has 1 N–H and O–H groups in total. The SMILES string of the molecule is Cc1ccc(-n2cncc2C2CCCC(C)N2)cc1Br. The molecule has 0 saturated carbocycles. The van der Waals surface area contributed by atoms with Crippen LogP contribution >= 0.6 is 15.9 Å². The van der Waals surface area contributed by atoms with Crippen molar-refractivity contribution in [3.05, 3.63) is 46.5 Å². The molecule has 0 amide bonds. The van der Waals surface area contributed by atoms with Gasteiger partial charge >= 0.3 is 0 Å². The molecule has 3 nitrogen and oxygen atoms in total. The summed E-state index contributed by atoms with van der Waals surface area (Å²) in [6, 6.07) is 7.44. The molecular weight excluding hydrogens is 314 g/mol. The third-order valence-corrected chi connectivity index (χ3v) is 4.93. The molecule has 2 heterocycles. The van der Waals surface area contributed by atoms with E-state index in [1.807, 2.05) is 12.5 Å². The van der Waals surface area contributed by atoms with Crippen molar-refractivity contribution in [2.24, 2.45) is 0 Å². The highest BCUT2D eigenvalue weighted by Gasteiger charge is 2.22. The van der Waals surface area contributed by atoms with E-state index >= 15 is 0 Å². The van der Waals surface area contributed by atoms with Crippen molar-refractivity contribution in [1.29, 1.82) is 0 Å². The molecule has 106 valence electrons. The fourth-order valence-electron chi connectivity index (χ4n) is 2.88. The van der Waals surface area contributed by atoms with Crippen LogP contribution in [0.5, 0.6) is 0 Å². The average molecular weight is 334 g/mol. The van der Waals surface area contributed by atoms with Crippen molar-refractivity contribution < 1.29 is 0 Å². The van der Waals surface area contributed by atoms with Crippen LogP contribution in [0.3, 0.4) is 0 Å². The van der Waals surface area contributed by atoms with Gasteiger partial charge < -0.3 is 9.88 Å². The van der Waals surface area contributed by atoms with Gasteiger partial charge in [0.05, 0.1) is 18.2 Å². The van der Waals surface area contributed by atoms with Crippen molar-refractivity contribution in [2.75, 3.05) is 0 Å². The summed E-state index contributed by atoms with van der Waals surface area (Å²) in [6.07, 6.45) is 7.63. The summed E-state index contributed by atoms with van der Waals surface area (Å²) in [6.45, 7) is 4.36. The zero-order valence-corrected chi connectivity index (χ0v) is 13.5. The Morgan fingerprint density at radius 3 is 2.95 bits per heavy atom. The second kappa shape index (κ2) is 5.70. The first-order valence-electron chi connectivity index (χ1n) is 7.20. The topological polar surface area (TPSA) is 29.9 Å². The van der Waals surface area contributed by atoms with Gasteiger partial charge in [-0.05, 0) is 50.8 Å². The van der Waals surface area contributed by atoms with Gasteiger partial charge in [0.1, 0.15) is 0 Å². The molecule has 3 rings (SSSR count). The Hall–Kier alpha value is -1.13. The van der Waals surface area contributed by atoms with E-state index in [9.17, 15) is 0 Å². The number of nitrogens with zero attached hydrogens (tertiary/aromatic N) is 2. The van der Waals surface area contributed by atoms with Crippen molar-refractivity contribution in [1.82, 2.24) is 14.9 Å². The summed E-state index contributed by atoms with van der Waals surface area (Å²) in [5.41, 5.74) is 3.67. The van der Waals surface area contributed by atoms with Gasteiger partial charge in [0.25, 0.3) is 0 Å². The number of rotatable bonds is 2. The molecule has 2 atom stereocenters. The summed E-state index contributed by atoms with van der Waals surface area (Å²) in [4.78, 5) is 4.36.